The van der Waals surface area contributed by atoms with Crippen LogP contribution in [0.5, 0.6) is 0 Å². The number of pyridine rings is 1. The van der Waals surface area contributed by atoms with Crippen molar-refractivity contribution in [2.75, 3.05) is 6.54 Å². The SMILES string of the molecule is O=C1NCCc2[nH]c(-c3ccnc(/C=C/c4cccc(C(F)(F)F)c4)c3)cc21. The number of benzene rings is 1. The highest BCUT2D eigenvalue weighted by Gasteiger charge is 2.30. The molecule has 7 heteroatoms. The zero-order valence-electron chi connectivity index (χ0n) is 14.7. The van der Waals surface area contributed by atoms with Crippen molar-refractivity contribution in [1.82, 2.24) is 15.3 Å². The van der Waals surface area contributed by atoms with Crippen molar-refractivity contribution < 1.29 is 18.0 Å². The van der Waals surface area contributed by atoms with Gasteiger partial charge in [-0.25, -0.2) is 0 Å². The van der Waals surface area contributed by atoms with Crippen molar-refractivity contribution in [3.63, 3.8) is 0 Å². The van der Waals surface area contributed by atoms with Gasteiger partial charge in [-0.2, -0.15) is 13.2 Å². The van der Waals surface area contributed by atoms with Crippen molar-refractivity contribution in [2.45, 2.75) is 12.6 Å². The molecule has 0 aliphatic carbocycles. The van der Waals surface area contributed by atoms with Crippen LogP contribution in [-0.4, -0.2) is 22.4 Å². The first kappa shape index (κ1) is 18.0. The maximum Gasteiger partial charge on any atom is 0.416 e. The second kappa shape index (κ2) is 6.99. The van der Waals surface area contributed by atoms with E-state index in [9.17, 15) is 18.0 Å². The van der Waals surface area contributed by atoms with Gasteiger partial charge in [-0.3, -0.25) is 9.78 Å². The summed E-state index contributed by atoms with van der Waals surface area (Å²) in [4.78, 5) is 19.4. The molecule has 0 saturated heterocycles. The van der Waals surface area contributed by atoms with Crippen LogP contribution in [0.3, 0.4) is 0 Å². The molecule has 0 fully saturated rings. The molecular formula is C21H16F3N3O. The number of amides is 1. The van der Waals surface area contributed by atoms with Gasteiger partial charge in [0.1, 0.15) is 0 Å². The van der Waals surface area contributed by atoms with E-state index in [0.29, 0.717) is 23.4 Å². The summed E-state index contributed by atoms with van der Waals surface area (Å²) in [6.45, 7) is 0.604. The molecule has 4 nitrogen and oxygen atoms in total. The van der Waals surface area contributed by atoms with Crippen LogP contribution in [0.1, 0.15) is 32.9 Å². The molecule has 3 heterocycles. The number of H-pyrrole nitrogens is 1. The lowest BCUT2D eigenvalue weighted by Crippen LogP contribution is -2.31. The number of nitrogens with one attached hydrogen (secondary N) is 2. The number of hydrogen-bond donors (Lipinski definition) is 2. The Morgan fingerprint density at radius 3 is 2.71 bits per heavy atom. The molecule has 2 aromatic heterocycles. The van der Waals surface area contributed by atoms with Gasteiger partial charge >= 0.3 is 6.18 Å². The first-order chi connectivity index (χ1) is 13.4. The van der Waals surface area contributed by atoms with Crippen LogP contribution in [0.25, 0.3) is 23.4 Å². The number of halogens is 3. The lowest BCUT2D eigenvalue weighted by molar-refractivity contribution is -0.137. The Morgan fingerprint density at radius 1 is 1.07 bits per heavy atom. The zero-order valence-corrected chi connectivity index (χ0v) is 14.7. The maximum absolute atomic E-state index is 12.8. The summed E-state index contributed by atoms with van der Waals surface area (Å²) in [6.07, 6.45) is 1.25. The third-order valence-electron chi connectivity index (χ3n) is 4.56. The van der Waals surface area contributed by atoms with Gasteiger partial charge in [0.05, 0.1) is 16.8 Å². The molecule has 1 aliphatic rings. The molecule has 2 N–H and O–H groups in total. The monoisotopic (exact) mass is 383 g/mol. The molecular weight excluding hydrogens is 367 g/mol. The number of hydrogen-bond acceptors (Lipinski definition) is 2. The van der Waals surface area contributed by atoms with E-state index < -0.39 is 11.7 Å². The normalized spacial score (nSPS) is 14.2. The second-order valence-electron chi connectivity index (χ2n) is 6.51. The molecule has 4 rings (SSSR count). The Balaban J connectivity index is 1.60. The molecule has 28 heavy (non-hydrogen) atoms. The van der Waals surface area contributed by atoms with Crippen LogP contribution < -0.4 is 5.32 Å². The summed E-state index contributed by atoms with van der Waals surface area (Å²) in [5.41, 5.74) is 3.54. The molecule has 1 aromatic carbocycles. The van der Waals surface area contributed by atoms with E-state index >= 15 is 0 Å². The largest absolute Gasteiger partial charge is 0.416 e. The van der Waals surface area contributed by atoms with Crippen molar-refractivity contribution in [3.05, 3.63) is 76.7 Å². The van der Waals surface area contributed by atoms with Gasteiger partial charge in [0.15, 0.2) is 0 Å². The predicted octanol–water partition coefficient (Wildman–Crippen LogP) is 4.55. The summed E-state index contributed by atoms with van der Waals surface area (Å²) in [5.74, 6) is -0.0949. The quantitative estimate of drug-likeness (QED) is 0.697. The van der Waals surface area contributed by atoms with Gasteiger partial charge in [-0.1, -0.05) is 18.2 Å². The van der Waals surface area contributed by atoms with Crippen LogP contribution in [0.15, 0.2) is 48.7 Å². The van der Waals surface area contributed by atoms with Crippen molar-refractivity contribution in [2.24, 2.45) is 0 Å². The molecule has 1 amide bonds. The van der Waals surface area contributed by atoms with E-state index in [-0.39, 0.29) is 5.91 Å². The van der Waals surface area contributed by atoms with Gasteiger partial charge in [0, 0.05) is 36.1 Å². The molecule has 0 bridgehead atoms. The van der Waals surface area contributed by atoms with Crippen LogP contribution in [-0.2, 0) is 12.6 Å². The number of alkyl halides is 3. The fourth-order valence-electron chi connectivity index (χ4n) is 3.16. The summed E-state index contributed by atoms with van der Waals surface area (Å²) in [6, 6.07) is 10.6. The van der Waals surface area contributed by atoms with Crippen LogP contribution >= 0.6 is 0 Å². The van der Waals surface area contributed by atoms with E-state index in [1.807, 2.05) is 12.1 Å². The Morgan fingerprint density at radius 2 is 1.93 bits per heavy atom. The first-order valence-electron chi connectivity index (χ1n) is 8.72. The molecule has 0 radical (unpaired) electrons. The summed E-state index contributed by atoms with van der Waals surface area (Å²) in [7, 11) is 0. The molecule has 3 aromatic rings. The smallest absolute Gasteiger partial charge is 0.358 e. The minimum absolute atomic E-state index is 0.0949. The number of aromatic nitrogens is 2. The van der Waals surface area contributed by atoms with Gasteiger partial charge in [-0.15, -0.1) is 0 Å². The molecule has 0 spiro atoms. The predicted molar refractivity (Wildman–Crippen MR) is 100 cm³/mol. The molecule has 0 atom stereocenters. The molecule has 0 saturated carbocycles. The lowest BCUT2D eigenvalue weighted by atomic mass is 10.1. The number of carbonyl (C=O) groups is 1. The van der Waals surface area contributed by atoms with E-state index in [0.717, 1.165) is 35.5 Å². The first-order valence-corrected chi connectivity index (χ1v) is 8.72. The molecule has 142 valence electrons. The van der Waals surface area contributed by atoms with Gasteiger partial charge in [0.25, 0.3) is 5.91 Å². The minimum Gasteiger partial charge on any atom is -0.358 e. The topological polar surface area (TPSA) is 57.8 Å². The summed E-state index contributed by atoms with van der Waals surface area (Å²) in [5, 5.41) is 2.81. The van der Waals surface area contributed by atoms with Crippen molar-refractivity contribution in [3.8, 4) is 11.3 Å². The third-order valence-corrected chi connectivity index (χ3v) is 4.56. The third kappa shape index (κ3) is 3.69. The Kier molecular flexibility index (Phi) is 4.50. The van der Waals surface area contributed by atoms with Gasteiger partial charge in [-0.05, 0) is 42.0 Å². The number of fused-ring (bicyclic) bond motifs is 1. The fraction of sp³-hybridized carbons (Fsp3) is 0.143. The Hall–Kier alpha value is -3.35. The number of nitrogens with zero attached hydrogens (tertiary/aromatic N) is 1. The van der Waals surface area contributed by atoms with Crippen LogP contribution in [0.2, 0.25) is 0 Å². The standard InChI is InChI=1S/C21H16F3N3O/c22-21(23,24)15-3-1-2-13(10-15)4-5-16-11-14(6-8-25-16)19-12-17-18(27-19)7-9-26-20(17)28/h1-6,8,10-12,27H,7,9H2,(H,26,28)/b5-4+. The van der Waals surface area contributed by atoms with E-state index in [1.54, 1.807) is 30.5 Å². The molecule has 1 aliphatic heterocycles. The number of rotatable bonds is 3. The summed E-state index contributed by atoms with van der Waals surface area (Å²) >= 11 is 0. The Labute approximate surface area is 159 Å². The van der Waals surface area contributed by atoms with E-state index in [1.165, 1.54) is 6.07 Å². The average Bonchev–Trinajstić information content (AvgIpc) is 3.12. The highest BCUT2D eigenvalue weighted by atomic mass is 19.4. The second-order valence-corrected chi connectivity index (χ2v) is 6.51. The highest BCUT2D eigenvalue weighted by molar-refractivity contribution is 5.97. The van der Waals surface area contributed by atoms with Gasteiger partial charge in [0.2, 0.25) is 0 Å². The number of carbonyl (C=O) groups excluding carboxylic acids is 1. The lowest BCUT2D eigenvalue weighted by Gasteiger charge is -2.10. The fourth-order valence-corrected chi connectivity index (χ4v) is 3.16. The number of aromatic amines is 1. The van der Waals surface area contributed by atoms with Gasteiger partial charge < -0.3 is 10.3 Å². The van der Waals surface area contributed by atoms with Crippen LogP contribution in [0, 0.1) is 0 Å². The van der Waals surface area contributed by atoms with E-state index in [2.05, 4.69) is 15.3 Å². The highest BCUT2D eigenvalue weighted by Crippen LogP contribution is 2.30. The van der Waals surface area contributed by atoms with Crippen LogP contribution in [0.4, 0.5) is 13.2 Å². The molecule has 0 unspecified atom stereocenters. The minimum atomic E-state index is -4.37. The average molecular weight is 383 g/mol. The Bertz CT molecular complexity index is 1070. The van der Waals surface area contributed by atoms with Crippen molar-refractivity contribution in [1.29, 1.82) is 0 Å². The summed E-state index contributed by atoms with van der Waals surface area (Å²) < 4.78 is 38.5. The van der Waals surface area contributed by atoms with Crippen molar-refractivity contribution >= 4 is 18.1 Å². The van der Waals surface area contributed by atoms with E-state index in [4.69, 9.17) is 0 Å². The zero-order chi connectivity index (χ0) is 19.7. The maximum atomic E-state index is 12.8.